The zero-order chi connectivity index (χ0) is 10.9. The SMILES string of the molecule is CC1(C)CCCC1C(=O)Cc1ccsc1. The van der Waals surface area contributed by atoms with E-state index in [1.54, 1.807) is 11.3 Å². The van der Waals surface area contributed by atoms with Crippen molar-refractivity contribution < 1.29 is 4.79 Å². The molecule has 0 saturated heterocycles. The molecule has 1 atom stereocenters. The van der Waals surface area contributed by atoms with Crippen molar-refractivity contribution in [2.75, 3.05) is 0 Å². The van der Waals surface area contributed by atoms with Gasteiger partial charge in [0.1, 0.15) is 5.78 Å². The zero-order valence-electron chi connectivity index (χ0n) is 9.45. The normalized spacial score (nSPS) is 24.3. The lowest BCUT2D eigenvalue weighted by atomic mass is 9.78. The first-order valence-electron chi connectivity index (χ1n) is 5.63. The van der Waals surface area contributed by atoms with Crippen LogP contribution in [0.5, 0.6) is 0 Å². The molecule has 2 rings (SSSR count). The molecule has 0 bridgehead atoms. The number of hydrogen-bond donors (Lipinski definition) is 0. The number of carbonyl (C=O) groups is 1. The van der Waals surface area contributed by atoms with Gasteiger partial charge in [0.05, 0.1) is 0 Å². The van der Waals surface area contributed by atoms with Gasteiger partial charge in [0.25, 0.3) is 0 Å². The summed E-state index contributed by atoms with van der Waals surface area (Å²) in [4.78, 5) is 12.1. The summed E-state index contributed by atoms with van der Waals surface area (Å²) in [7, 11) is 0. The maximum atomic E-state index is 12.1. The second-order valence-corrected chi connectivity index (χ2v) is 5.99. The Balaban J connectivity index is 2.02. The van der Waals surface area contributed by atoms with E-state index in [9.17, 15) is 4.79 Å². The Morgan fingerprint density at radius 1 is 1.60 bits per heavy atom. The highest BCUT2D eigenvalue weighted by molar-refractivity contribution is 7.07. The highest BCUT2D eigenvalue weighted by Gasteiger charge is 2.38. The van der Waals surface area contributed by atoms with Crippen molar-refractivity contribution in [3.63, 3.8) is 0 Å². The predicted octanol–water partition coefficient (Wildman–Crippen LogP) is 3.69. The first-order chi connectivity index (χ1) is 7.09. The standard InChI is InChI=1S/C13H18OS/c1-13(2)6-3-4-11(13)12(14)8-10-5-7-15-9-10/h5,7,9,11H,3-4,6,8H2,1-2H3. The van der Waals surface area contributed by atoms with E-state index in [4.69, 9.17) is 0 Å². The molecule has 0 aliphatic heterocycles. The van der Waals surface area contributed by atoms with Crippen LogP contribution in [0.2, 0.25) is 0 Å². The summed E-state index contributed by atoms with van der Waals surface area (Å²) in [5.41, 5.74) is 1.42. The largest absolute Gasteiger partial charge is 0.299 e. The highest BCUT2D eigenvalue weighted by atomic mass is 32.1. The topological polar surface area (TPSA) is 17.1 Å². The fourth-order valence-corrected chi connectivity index (χ4v) is 3.31. The lowest BCUT2D eigenvalue weighted by molar-refractivity contribution is -0.124. The van der Waals surface area contributed by atoms with Crippen molar-refractivity contribution in [2.24, 2.45) is 11.3 Å². The summed E-state index contributed by atoms with van der Waals surface area (Å²) in [6.07, 6.45) is 4.15. The number of thiophene rings is 1. The van der Waals surface area contributed by atoms with Crippen molar-refractivity contribution in [2.45, 2.75) is 39.5 Å². The Morgan fingerprint density at radius 3 is 2.93 bits per heavy atom. The molecule has 0 spiro atoms. The molecule has 0 amide bonds. The Kier molecular flexibility index (Phi) is 2.96. The van der Waals surface area contributed by atoms with Gasteiger partial charge in [-0.2, -0.15) is 11.3 Å². The first-order valence-corrected chi connectivity index (χ1v) is 6.58. The fourth-order valence-electron chi connectivity index (χ4n) is 2.64. The van der Waals surface area contributed by atoms with E-state index < -0.39 is 0 Å². The number of hydrogen-bond acceptors (Lipinski definition) is 2. The summed E-state index contributed by atoms with van der Waals surface area (Å²) >= 11 is 1.67. The van der Waals surface area contributed by atoms with Gasteiger partial charge in [-0.15, -0.1) is 0 Å². The van der Waals surface area contributed by atoms with E-state index in [0.717, 1.165) is 6.42 Å². The van der Waals surface area contributed by atoms with Crippen LogP contribution in [0, 0.1) is 11.3 Å². The Bertz CT molecular complexity index is 337. The average Bonchev–Trinajstić information content (AvgIpc) is 2.73. The minimum atomic E-state index is 0.229. The van der Waals surface area contributed by atoms with Crippen LogP contribution in [0.1, 0.15) is 38.7 Å². The molecule has 1 unspecified atom stereocenters. The quantitative estimate of drug-likeness (QED) is 0.762. The molecule has 1 fully saturated rings. The lowest BCUT2D eigenvalue weighted by Crippen LogP contribution is -2.26. The van der Waals surface area contributed by atoms with Gasteiger partial charge in [-0.25, -0.2) is 0 Å². The molecule has 0 N–H and O–H groups in total. The van der Waals surface area contributed by atoms with Crippen LogP contribution in [0.15, 0.2) is 16.8 Å². The second-order valence-electron chi connectivity index (χ2n) is 5.21. The van der Waals surface area contributed by atoms with Crippen molar-refractivity contribution in [3.8, 4) is 0 Å². The van der Waals surface area contributed by atoms with E-state index >= 15 is 0 Å². The van der Waals surface area contributed by atoms with E-state index in [0.29, 0.717) is 12.2 Å². The van der Waals surface area contributed by atoms with Crippen LogP contribution < -0.4 is 0 Å². The van der Waals surface area contributed by atoms with Gasteiger partial charge in [-0.05, 0) is 40.6 Å². The number of Topliss-reactive ketones (excluding diaryl/α,β-unsaturated/α-hetero) is 1. The third-order valence-electron chi connectivity index (χ3n) is 3.60. The molecular weight excluding hydrogens is 204 g/mol. The number of rotatable bonds is 3. The second kappa shape index (κ2) is 4.09. The molecule has 1 aromatic rings. The highest BCUT2D eigenvalue weighted by Crippen LogP contribution is 2.43. The third-order valence-corrected chi connectivity index (χ3v) is 4.34. The van der Waals surface area contributed by atoms with Crippen molar-refractivity contribution in [3.05, 3.63) is 22.4 Å². The molecule has 1 nitrogen and oxygen atoms in total. The molecule has 0 aromatic carbocycles. The maximum absolute atomic E-state index is 12.1. The van der Waals surface area contributed by atoms with Gasteiger partial charge in [0, 0.05) is 12.3 Å². The first kappa shape index (κ1) is 10.9. The van der Waals surface area contributed by atoms with Crippen molar-refractivity contribution in [1.82, 2.24) is 0 Å². The van der Waals surface area contributed by atoms with Crippen molar-refractivity contribution in [1.29, 1.82) is 0 Å². The summed E-state index contributed by atoms with van der Waals surface area (Å²) < 4.78 is 0. The Hall–Kier alpha value is -0.630. The summed E-state index contributed by atoms with van der Waals surface area (Å²) in [6, 6.07) is 2.06. The van der Waals surface area contributed by atoms with Crippen LogP contribution in [-0.2, 0) is 11.2 Å². The Labute approximate surface area is 95.5 Å². The molecule has 82 valence electrons. The molecule has 1 heterocycles. The lowest BCUT2D eigenvalue weighted by Gasteiger charge is -2.25. The molecule has 1 aromatic heterocycles. The van der Waals surface area contributed by atoms with E-state index in [-0.39, 0.29) is 11.3 Å². The molecular formula is C13H18OS. The van der Waals surface area contributed by atoms with Crippen molar-refractivity contribution >= 4 is 17.1 Å². The summed E-state index contributed by atoms with van der Waals surface area (Å²) in [5, 5.41) is 4.13. The van der Waals surface area contributed by atoms with Gasteiger partial charge in [0.2, 0.25) is 0 Å². The fraction of sp³-hybridized carbons (Fsp3) is 0.615. The van der Waals surface area contributed by atoms with E-state index in [2.05, 4.69) is 25.3 Å². The molecule has 0 radical (unpaired) electrons. The zero-order valence-corrected chi connectivity index (χ0v) is 10.3. The minimum absolute atomic E-state index is 0.229. The van der Waals surface area contributed by atoms with Crippen LogP contribution >= 0.6 is 11.3 Å². The summed E-state index contributed by atoms with van der Waals surface area (Å²) in [6.45, 7) is 4.46. The maximum Gasteiger partial charge on any atom is 0.140 e. The van der Waals surface area contributed by atoms with Crippen LogP contribution in [0.25, 0.3) is 0 Å². The molecule has 1 aliphatic rings. The average molecular weight is 222 g/mol. The minimum Gasteiger partial charge on any atom is -0.299 e. The molecule has 15 heavy (non-hydrogen) atoms. The van der Waals surface area contributed by atoms with Gasteiger partial charge in [-0.3, -0.25) is 4.79 Å². The van der Waals surface area contributed by atoms with Crippen LogP contribution in [0.3, 0.4) is 0 Å². The number of ketones is 1. The van der Waals surface area contributed by atoms with E-state index in [1.165, 1.54) is 18.4 Å². The van der Waals surface area contributed by atoms with Crippen LogP contribution in [0.4, 0.5) is 0 Å². The smallest absolute Gasteiger partial charge is 0.140 e. The Morgan fingerprint density at radius 2 is 2.40 bits per heavy atom. The number of carbonyl (C=O) groups excluding carboxylic acids is 1. The van der Waals surface area contributed by atoms with Crippen LogP contribution in [-0.4, -0.2) is 5.78 Å². The van der Waals surface area contributed by atoms with Gasteiger partial charge in [-0.1, -0.05) is 20.3 Å². The van der Waals surface area contributed by atoms with Gasteiger partial charge >= 0.3 is 0 Å². The van der Waals surface area contributed by atoms with Gasteiger partial charge in [0.15, 0.2) is 0 Å². The summed E-state index contributed by atoms with van der Waals surface area (Å²) in [5.74, 6) is 0.730. The third kappa shape index (κ3) is 2.31. The van der Waals surface area contributed by atoms with E-state index in [1.807, 2.05) is 5.38 Å². The predicted molar refractivity (Wildman–Crippen MR) is 64.2 cm³/mol. The monoisotopic (exact) mass is 222 g/mol. The van der Waals surface area contributed by atoms with Gasteiger partial charge < -0.3 is 0 Å². The molecule has 1 aliphatic carbocycles. The molecule has 1 saturated carbocycles. The molecule has 2 heteroatoms.